The minimum Gasteiger partial charge on any atom is -0.507 e. The second-order valence-electron chi connectivity index (χ2n) is 5.59. The number of benzene rings is 1. The van der Waals surface area contributed by atoms with Gasteiger partial charge in [-0.05, 0) is 49.7 Å². The van der Waals surface area contributed by atoms with Gasteiger partial charge in [-0.25, -0.2) is 4.79 Å². The largest absolute Gasteiger partial charge is 0.507 e. The smallest absolute Gasteiger partial charge is 0.408 e. The van der Waals surface area contributed by atoms with E-state index in [4.69, 9.17) is 4.74 Å². The third-order valence-electron chi connectivity index (χ3n) is 2.53. The number of amides is 1. The van der Waals surface area contributed by atoms with Crippen molar-refractivity contribution in [1.82, 2.24) is 5.32 Å². The van der Waals surface area contributed by atoms with E-state index in [1.807, 2.05) is 0 Å². The standard InChI is InChI=1S/C14H18BrNO4/c1-13(2,3)20-12(19)16-14(4,8-17)9-6-5-7-10(18)11(9)15/h5-8,18H,1-4H3,(H,16,19). The Labute approximate surface area is 126 Å². The van der Waals surface area contributed by atoms with Gasteiger partial charge in [0, 0.05) is 5.56 Å². The van der Waals surface area contributed by atoms with Crippen molar-refractivity contribution in [2.45, 2.75) is 38.8 Å². The van der Waals surface area contributed by atoms with Gasteiger partial charge in [0.05, 0.1) is 4.47 Å². The van der Waals surface area contributed by atoms with Gasteiger partial charge in [0.2, 0.25) is 0 Å². The Morgan fingerprint density at radius 3 is 2.45 bits per heavy atom. The molecule has 6 heteroatoms. The zero-order valence-corrected chi connectivity index (χ0v) is 13.4. The highest BCUT2D eigenvalue weighted by atomic mass is 79.9. The van der Waals surface area contributed by atoms with E-state index in [1.165, 1.54) is 13.0 Å². The molecule has 0 bridgehead atoms. The molecule has 0 spiro atoms. The maximum atomic E-state index is 11.8. The fourth-order valence-corrected chi connectivity index (χ4v) is 2.27. The summed E-state index contributed by atoms with van der Waals surface area (Å²) < 4.78 is 5.49. The van der Waals surface area contributed by atoms with Crippen molar-refractivity contribution >= 4 is 28.3 Å². The highest BCUT2D eigenvalue weighted by Gasteiger charge is 2.32. The number of alkyl carbamates (subject to hydrolysis) is 1. The summed E-state index contributed by atoms with van der Waals surface area (Å²) in [6.45, 7) is 6.72. The number of hydrogen-bond donors (Lipinski definition) is 2. The topological polar surface area (TPSA) is 75.6 Å². The quantitative estimate of drug-likeness (QED) is 0.827. The molecule has 1 aromatic rings. The molecule has 1 unspecified atom stereocenters. The van der Waals surface area contributed by atoms with Crippen LogP contribution in [0.4, 0.5) is 4.79 Å². The van der Waals surface area contributed by atoms with Crippen molar-refractivity contribution in [2.75, 3.05) is 0 Å². The summed E-state index contributed by atoms with van der Waals surface area (Å²) >= 11 is 3.21. The number of phenols is 1. The summed E-state index contributed by atoms with van der Waals surface area (Å²) in [5.74, 6) is -0.0124. The molecule has 0 fully saturated rings. The molecule has 0 aliphatic carbocycles. The number of phenolic OH excluding ortho intramolecular Hbond substituents is 1. The molecular formula is C14H18BrNO4. The number of ether oxygens (including phenoxy) is 1. The van der Waals surface area contributed by atoms with Crippen LogP contribution in [0.25, 0.3) is 0 Å². The number of aldehydes is 1. The number of carbonyl (C=O) groups excluding carboxylic acids is 2. The van der Waals surface area contributed by atoms with Crippen LogP contribution in [0.2, 0.25) is 0 Å². The summed E-state index contributed by atoms with van der Waals surface area (Å²) in [6, 6.07) is 4.70. The molecule has 1 amide bonds. The molecule has 0 radical (unpaired) electrons. The van der Waals surface area contributed by atoms with Crippen LogP contribution in [0.3, 0.4) is 0 Å². The first-order valence-corrected chi connectivity index (χ1v) is 6.84. The van der Waals surface area contributed by atoms with E-state index in [0.29, 0.717) is 16.3 Å². The van der Waals surface area contributed by atoms with Crippen LogP contribution in [0.1, 0.15) is 33.3 Å². The zero-order valence-electron chi connectivity index (χ0n) is 11.9. The highest BCUT2D eigenvalue weighted by Crippen LogP contribution is 2.33. The Bertz CT molecular complexity index is 524. The van der Waals surface area contributed by atoms with Gasteiger partial charge in [-0.2, -0.15) is 0 Å². The molecule has 0 aliphatic heterocycles. The van der Waals surface area contributed by atoms with Gasteiger partial charge < -0.3 is 20.0 Å². The van der Waals surface area contributed by atoms with Crippen LogP contribution < -0.4 is 5.32 Å². The predicted molar refractivity (Wildman–Crippen MR) is 78.6 cm³/mol. The zero-order chi connectivity index (χ0) is 15.6. The Morgan fingerprint density at radius 1 is 1.35 bits per heavy atom. The Morgan fingerprint density at radius 2 is 1.95 bits per heavy atom. The van der Waals surface area contributed by atoms with Gasteiger partial charge in [-0.1, -0.05) is 12.1 Å². The lowest BCUT2D eigenvalue weighted by atomic mass is 9.93. The molecule has 5 nitrogen and oxygen atoms in total. The molecular weight excluding hydrogens is 326 g/mol. The van der Waals surface area contributed by atoms with Crippen LogP contribution in [0.5, 0.6) is 5.75 Å². The molecule has 110 valence electrons. The molecule has 0 saturated carbocycles. The van der Waals surface area contributed by atoms with Crippen molar-refractivity contribution in [3.8, 4) is 5.75 Å². The molecule has 0 heterocycles. The monoisotopic (exact) mass is 343 g/mol. The minimum absolute atomic E-state index is 0.0124. The summed E-state index contributed by atoms with van der Waals surface area (Å²) in [5.41, 5.74) is -1.53. The van der Waals surface area contributed by atoms with E-state index in [0.717, 1.165) is 0 Å². The van der Waals surface area contributed by atoms with Crippen molar-refractivity contribution in [1.29, 1.82) is 0 Å². The Balaban J connectivity index is 3.06. The fraction of sp³-hybridized carbons (Fsp3) is 0.429. The number of halogens is 1. The maximum Gasteiger partial charge on any atom is 0.408 e. The summed E-state index contributed by atoms with van der Waals surface area (Å²) in [5, 5.41) is 12.2. The van der Waals surface area contributed by atoms with Crippen molar-refractivity contribution < 1.29 is 19.4 Å². The van der Waals surface area contributed by atoms with Crippen LogP contribution >= 0.6 is 15.9 Å². The maximum absolute atomic E-state index is 11.8. The van der Waals surface area contributed by atoms with Crippen LogP contribution in [0.15, 0.2) is 22.7 Å². The predicted octanol–water partition coefficient (Wildman–Crippen LogP) is 3.09. The molecule has 0 aromatic heterocycles. The van der Waals surface area contributed by atoms with Gasteiger partial charge in [0.25, 0.3) is 0 Å². The normalized spacial score (nSPS) is 14.2. The lowest BCUT2D eigenvalue weighted by Crippen LogP contribution is -2.47. The van der Waals surface area contributed by atoms with Crippen molar-refractivity contribution in [3.05, 3.63) is 28.2 Å². The molecule has 0 saturated heterocycles. The average molecular weight is 344 g/mol. The molecule has 0 aliphatic rings. The van der Waals surface area contributed by atoms with E-state index >= 15 is 0 Å². The van der Waals surface area contributed by atoms with Gasteiger partial charge >= 0.3 is 6.09 Å². The second-order valence-corrected chi connectivity index (χ2v) is 6.38. The Hall–Kier alpha value is -1.56. The number of rotatable bonds is 3. The molecule has 1 aromatic carbocycles. The van der Waals surface area contributed by atoms with Crippen LogP contribution in [0, 0.1) is 0 Å². The van der Waals surface area contributed by atoms with Crippen molar-refractivity contribution in [2.24, 2.45) is 0 Å². The number of nitrogens with one attached hydrogen (secondary N) is 1. The molecule has 1 rings (SSSR count). The lowest BCUT2D eigenvalue weighted by molar-refractivity contribution is -0.113. The molecule has 20 heavy (non-hydrogen) atoms. The second kappa shape index (κ2) is 5.83. The van der Waals surface area contributed by atoms with Gasteiger partial charge in [-0.3, -0.25) is 0 Å². The van der Waals surface area contributed by atoms with E-state index < -0.39 is 17.2 Å². The number of hydrogen-bond acceptors (Lipinski definition) is 4. The van der Waals surface area contributed by atoms with E-state index in [-0.39, 0.29) is 5.75 Å². The minimum atomic E-state index is -1.31. The average Bonchev–Trinajstić information content (AvgIpc) is 2.29. The van der Waals surface area contributed by atoms with E-state index in [9.17, 15) is 14.7 Å². The summed E-state index contributed by atoms with van der Waals surface area (Å²) in [4.78, 5) is 23.3. The third kappa shape index (κ3) is 3.96. The molecule has 2 N–H and O–H groups in total. The number of aromatic hydroxyl groups is 1. The first kappa shape index (κ1) is 16.5. The fourth-order valence-electron chi connectivity index (χ4n) is 1.60. The number of carbonyl (C=O) groups is 2. The van der Waals surface area contributed by atoms with Crippen molar-refractivity contribution in [3.63, 3.8) is 0 Å². The molecule has 1 atom stereocenters. The van der Waals surface area contributed by atoms with E-state index in [2.05, 4.69) is 21.2 Å². The van der Waals surface area contributed by atoms with E-state index in [1.54, 1.807) is 32.9 Å². The van der Waals surface area contributed by atoms with Gasteiger partial charge in [0.15, 0.2) is 0 Å². The first-order valence-electron chi connectivity index (χ1n) is 6.04. The Kier molecular flexibility index (Phi) is 4.81. The lowest BCUT2D eigenvalue weighted by Gasteiger charge is -2.28. The van der Waals surface area contributed by atoms with Crippen LogP contribution in [-0.2, 0) is 15.1 Å². The summed E-state index contributed by atoms with van der Waals surface area (Å²) in [6.07, 6.45) is -0.112. The first-order chi connectivity index (χ1) is 9.09. The summed E-state index contributed by atoms with van der Waals surface area (Å²) in [7, 11) is 0. The third-order valence-corrected chi connectivity index (χ3v) is 3.37. The SMILES string of the molecule is CC(C)(C)OC(=O)NC(C)(C=O)c1cccc(O)c1Br. The van der Waals surface area contributed by atoms with Crippen LogP contribution in [-0.4, -0.2) is 23.1 Å². The van der Waals surface area contributed by atoms with Gasteiger partial charge in [-0.15, -0.1) is 0 Å². The highest BCUT2D eigenvalue weighted by molar-refractivity contribution is 9.10. The van der Waals surface area contributed by atoms with Gasteiger partial charge in [0.1, 0.15) is 23.2 Å².